The van der Waals surface area contributed by atoms with Gasteiger partial charge in [0.2, 0.25) is 17.0 Å². The van der Waals surface area contributed by atoms with Crippen LogP contribution in [0.3, 0.4) is 0 Å². The van der Waals surface area contributed by atoms with Crippen molar-refractivity contribution in [2.75, 3.05) is 44.2 Å². The lowest BCUT2D eigenvalue weighted by atomic mass is 10.5. The van der Waals surface area contributed by atoms with Crippen LogP contribution in [0.1, 0.15) is 34.6 Å². The quantitative estimate of drug-likeness (QED) is 0.124. The fraction of sp³-hybridized carbons (Fsp3) is 0.600. The number of hydrogen-bond acceptors (Lipinski definition) is 13. The Bertz CT molecular complexity index is 1020. The summed E-state index contributed by atoms with van der Waals surface area (Å²) in [7, 11) is 0. The van der Waals surface area contributed by atoms with Gasteiger partial charge in [0.1, 0.15) is 10.3 Å². The molecule has 0 saturated heterocycles. The summed E-state index contributed by atoms with van der Waals surface area (Å²) in [6, 6.07) is 0. The summed E-state index contributed by atoms with van der Waals surface area (Å²) in [6.07, 6.45) is 0. The third-order valence-electron chi connectivity index (χ3n) is 3.85. The van der Waals surface area contributed by atoms with Crippen LogP contribution in [0.25, 0.3) is 9.69 Å². The van der Waals surface area contributed by atoms with Gasteiger partial charge in [0, 0.05) is 13.1 Å². The van der Waals surface area contributed by atoms with Crippen LogP contribution in [0.4, 0.5) is 17.5 Å². The van der Waals surface area contributed by atoms with E-state index in [4.69, 9.17) is 13.1 Å². The number of thioether (sulfide) groups is 1. The van der Waals surface area contributed by atoms with Crippen molar-refractivity contribution in [2.24, 2.45) is 0 Å². The molecule has 16 nitrogen and oxygen atoms in total. The highest BCUT2D eigenvalue weighted by atomic mass is 32.2. The maximum atomic E-state index is 11.0. The van der Waals surface area contributed by atoms with E-state index in [-0.39, 0.29) is 29.1 Å². The summed E-state index contributed by atoms with van der Waals surface area (Å²) in [5.41, 5.74) is 0. The number of nitro groups is 1. The lowest BCUT2D eigenvalue weighted by Crippen LogP contribution is -2.24. The number of carbonyl (C=O) groups excluding carboxylic acids is 2. The molecule has 0 aliphatic carbocycles. The van der Waals surface area contributed by atoms with Gasteiger partial charge in [-0.3, -0.25) is 9.59 Å². The topological polar surface area (TPSA) is 191 Å². The van der Waals surface area contributed by atoms with E-state index in [2.05, 4.69) is 88.5 Å². The Balaban J connectivity index is 0. The first-order chi connectivity index (χ1) is 18.2. The van der Waals surface area contributed by atoms with Crippen LogP contribution >= 0.6 is 24.4 Å². The van der Waals surface area contributed by atoms with Gasteiger partial charge in [0.15, 0.2) is 5.03 Å². The number of nitrogens with zero attached hydrogens (tertiary/aromatic N) is 8. The lowest BCUT2D eigenvalue weighted by molar-refractivity contribution is -0.389. The van der Waals surface area contributed by atoms with Crippen molar-refractivity contribution in [3.63, 3.8) is 0 Å². The molecule has 0 fully saturated rings. The Kier molecular flexibility index (Phi) is 22.7. The molecule has 18 heteroatoms. The van der Waals surface area contributed by atoms with Crippen molar-refractivity contribution >= 4 is 53.7 Å². The van der Waals surface area contributed by atoms with E-state index in [9.17, 15) is 19.7 Å². The Labute approximate surface area is 230 Å². The van der Waals surface area contributed by atoms with Crippen molar-refractivity contribution in [1.82, 2.24) is 36.2 Å². The Morgan fingerprint density at radius 3 is 1.82 bits per heavy atom. The molecule has 0 radical (unpaired) electrons. The number of amides is 2. The van der Waals surface area contributed by atoms with Crippen LogP contribution in [0.5, 0.6) is 0 Å². The molecule has 0 bridgehead atoms. The molecule has 2 aromatic heterocycles. The molecule has 210 valence electrons. The van der Waals surface area contributed by atoms with Crippen molar-refractivity contribution < 1.29 is 23.8 Å². The Morgan fingerprint density at radius 1 is 0.947 bits per heavy atom. The minimum absolute atomic E-state index is 0.00849. The van der Waals surface area contributed by atoms with Gasteiger partial charge in [-0.25, -0.2) is 0 Å². The Morgan fingerprint density at radius 2 is 1.45 bits per heavy atom. The molecule has 38 heavy (non-hydrogen) atoms. The van der Waals surface area contributed by atoms with Crippen LogP contribution in [0, 0.1) is 23.3 Å². The molecule has 0 spiro atoms. The highest BCUT2D eigenvalue weighted by Crippen LogP contribution is 2.24. The van der Waals surface area contributed by atoms with Crippen LogP contribution < -0.4 is 10.6 Å². The van der Waals surface area contributed by atoms with E-state index in [1.54, 1.807) is 0 Å². The zero-order chi connectivity index (χ0) is 29.3. The SMILES string of the molecule is CCN(CC)CC.CCNC(=O)CS.[C-]#[N+]c1nonc1SCC(=O)NCC.[C-]#[N+]c1nonc1[N+](=O)[O-]. The van der Waals surface area contributed by atoms with Crippen molar-refractivity contribution in [3.8, 4) is 0 Å². The van der Waals surface area contributed by atoms with Crippen LogP contribution in [0.15, 0.2) is 14.3 Å². The smallest absolute Gasteiger partial charge is 0.359 e. The second-order valence-corrected chi connectivity index (χ2v) is 7.54. The third kappa shape index (κ3) is 16.8. The van der Waals surface area contributed by atoms with Crippen LogP contribution in [-0.2, 0) is 9.59 Å². The standard InChI is InChI=1S/C7H8N4O2S.C6H15N.C4H9NOS.C3N4O3/c1-3-9-5(12)4-14-7-6(8-2)10-13-11-7;1-4-7(5-2)6-3;1-2-5-4(6)3-7;1-4-2-3(7(8)9)6-10-5-2/h3-4H2,1H3,(H,9,12);4-6H2,1-3H3;7H,2-3H2,1H3,(H,5,6);. The van der Waals surface area contributed by atoms with E-state index in [0.717, 1.165) is 11.8 Å². The monoisotopic (exact) mass is 572 g/mol. The Hall–Kier alpha value is -3.74. The first-order valence-corrected chi connectivity index (χ1v) is 12.8. The third-order valence-corrected chi connectivity index (χ3v) is 5.08. The fourth-order valence-corrected chi connectivity index (χ4v) is 2.79. The molecule has 0 atom stereocenters. The first-order valence-electron chi connectivity index (χ1n) is 11.2. The molecule has 2 aromatic rings. The van der Waals surface area contributed by atoms with Gasteiger partial charge in [-0.1, -0.05) is 33.9 Å². The predicted octanol–water partition coefficient (Wildman–Crippen LogP) is 2.78. The molecule has 0 aliphatic heterocycles. The zero-order valence-electron chi connectivity index (χ0n) is 21.8. The highest BCUT2D eigenvalue weighted by molar-refractivity contribution is 8.00. The maximum absolute atomic E-state index is 11.0. The minimum Gasteiger partial charge on any atom is -0.359 e. The summed E-state index contributed by atoms with van der Waals surface area (Å²) in [6.45, 7) is 28.2. The molecule has 0 aromatic carbocycles. The minimum atomic E-state index is -0.829. The fourth-order valence-electron chi connectivity index (χ4n) is 2.01. The number of hydrogen-bond donors (Lipinski definition) is 3. The molecule has 2 N–H and O–H groups in total. The largest absolute Gasteiger partial charge is 0.447 e. The predicted molar refractivity (Wildman–Crippen MR) is 143 cm³/mol. The summed E-state index contributed by atoms with van der Waals surface area (Å²) in [4.78, 5) is 38.5. The van der Waals surface area contributed by atoms with Gasteiger partial charge in [0.05, 0.1) is 11.5 Å². The van der Waals surface area contributed by atoms with E-state index in [0.29, 0.717) is 18.1 Å². The second-order valence-electron chi connectivity index (χ2n) is 6.26. The molecule has 0 saturated carbocycles. The maximum Gasteiger partial charge on any atom is 0.447 e. The summed E-state index contributed by atoms with van der Waals surface area (Å²) in [5.74, 6) is -0.583. The van der Waals surface area contributed by atoms with Crippen LogP contribution in [0.2, 0.25) is 0 Å². The second kappa shape index (κ2) is 23.6. The van der Waals surface area contributed by atoms with Gasteiger partial charge in [-0.15, -0.1) is 11.8 Å². The van der Waals surface area contributed by atoms with Crippen molar-refractivity contribution in [1.29, 1.82) is 0 Å². The van der Waals surface area contributed by atoms with Crippen molar-refractivity contribution in [2.45, 2.75) is 39.6 Å². The molecule has 0 unspecified atom stereocenters. The van der Waals surface area contributed by atoms with E-state index < -0.39 is 16.6 Å². The molecule has 2 heterocycles. The van der Waals surface area contributed by atoms with Crippen LogP contribution in [-0.4, -0.2) is 86.5 Å². The first kappa shape index (κ1) is 36.4. The number of aromatic nitrogens is 4. The van der Waals surface area contributed by atoms with E-state index >= 15 is 0 Å². The van der Waals surface area contributed by atoms with Gasteiger partial charge in [-0.2, -0.15) is 17.3 Å². The highest BCUT2D eigenvalue weighted by Gasteiger charge is 2.23. The van der Waals surface area contributed by atoms with Gasteiger partial charge < -0.3 is 35.3 Å². The zero-order valence-corrected chi connectivity index (χ0v) is 23.5. The average molecular weight is 573 g/mol. The van der Waals surface area contributed by atoms with Gasteiger partial charge in [-0.05, 0) is 48.2 Å². The number of carbonyl (C=O) groups is 2. The lowest BCUT2D eigenvalue weighted by Gasteiger charge is -2.13. The summed E-state index contributed by atoms with van der Waals surface area (Å²) in [5, 5.41) is 28.2. The summed E-state index contributed by atoms with van der Waals surface area (Å²) >= 11 is 4.87. The molecule has 2 rings (SSSR count). The number of thiol groups is 1. The molecular formula is C20H32N10O6S2. The van der Waals surface area contributed by atoms with E-state index in [1.807, 2.05) is 13.8 Å². The molecular weight excluding hydrogens is 540 g/mol. The number of nitrogens with one attached hydrogen (secondary N) is 2. The van der Waals surface area contributed by atoms with Gasteiger partial charge in [0.25, 0.3) is 0 Å². The normalized spacial score (nSPS) is 9.18. The van der Waals surface area contributed by atoms with Gasteiger partial charge >= 0.3 is 17.5 Å². The van der Waals surface area contributed by atoms with Crippen molar-refractivity contribution in [3.05, 3.63) is 32.9 Å². The molecule has 2 amide bonds. The average Bonchev–Trinajstić information content (AvgIpc) is 3.59. The molecule has 0 aliphatic rings. The summed E-state index contributed by atoms with van der Waals surface area (Å²) < 4.78 is 8.30. The number of rotatable bonds is 10. The van der Waals surface area contributed by atoms with E-state index in [1.165, 1.54) is 19.6 Å².